The standard InChI is InChI=1S/C15H16F3N3.C2HF3O2/c16-15(17,18)12-5-6-13(11-4-1-7-20-14(11)12)21-8-2-3-10(19)9-21;3-2(4,5)1(6)7/h1,4-7,10H,2-3,8-9,19H2;(H,6,7). The van der Waals surface area contributed by atoms with Crippen LogP contribution < -0.4 is 15.7 Å². The van der Waals surface area contributed by atoms with Gasteiger partial charge in [-0.25, -0.2) is 0 Å². The van der Waals surface area contributed by atoms with Gasteiger partial charge in [0.05, 0.1) is 17.6 Å². The molecule has 1 aliphatic rings. The average Bonchev–Trinajstić information content (AvgIpc) is 2.59. The van der Waals surface area contributed by atoms with Crippen molar-refractivity contribution in [1.82, 2.24) is 4.98 Å². The number of fused-ring (bicyclic) bond motifs is 1. The molecule has 2 aromatic rings. The van der Waals surface area contributed by atoms with Crippen molar-refractivity contribution in [2.75, 3.05) is 18.0 Å². The molecule has 1 fully saturated rings. The molecule has 1 saturated heterocycles. The Balaban J connectivity index is 0.000000345. The van der Waals surface area contributed by atoms with E-state index in [1.54, 1.807) is 18.2 Å². The molecule has 0 bridgehead atoms. The van der Waals surface area contributed by atoms with Gasteiger partial charge in [0.25, 0.3) is 0 Å². The van der Waals surface area contributed by atoms with Crippen molar-refractivity contribution in [2.45, 2.75) is 31.2 Å². The van der Waals surface area contributed by atoms with Crippen molar-refractivity contribution in [3.63, 3.8) is 0 Å². The number of alkyl halides is 6. The molecule has 5 nitrogen and oxygen atoms in total. The maximum atomic E-state index is 13.1. The van der Waals surface area contributed by atoms with Crippen LogP contribution in [0, 0.1) is 0 Å². The Morgan fingerprint density at radius 2 is 1.82 bits per heavy atom. The number of halogens is 6. The van der Waals surface area contributed by atoms with E-state index in [1.165, 1.54) is 6.20 Å². The molecule has 0 radical (unpaired) electrons. The largest absolute Gasteiger partial charge is 0.542 e. The van der Waals surface area contributed by atoms with Gasteiger partial charge >= 0.3 is 12.4 Å². The zero-order valence-electron chi connectivity index (χ0n) is 14.5. The maximum Gasteiger partial charge on any atom is 0.430 e. The lowest BCUT2D eigenvalue weighted by Crippen LogP contribution is -2.67. The molecule has 154 valence electrons. The highest BCUT2D eigenvalue weighted by Crippen LogP contribution is 2.37. The fourth-order valence-corrected chi connectivity index (χ4v) is 2.95. The fraction of sp³-hybridized carbons (Fsp3) is 0.412. The average molecular weight is 409 g/mol. The second-order valence-electron chi connectivity index (χ2n) is 6.27. The number of carbonyl (C=O) groups is 1. The highest BCUT2D eigenvalue weighted by Gasteiger charge is 2.34. The number of nitrogens with zero attached hydrogens (tertiary/aromatic N) is 2. The number of rotatable bonds is 1. The second kappa shape index (κ2) is 8.21. The molecule has 0 spiro atoms. The van der Waals surface area contributed by atoms with E-state index in [0.29, 0.717) is 11.4 Å². The van der Waals surface area contributed by atoms with Crippen LogP contribution >= 0.6 is 0 Å². The lowest BCUT2D eigenvalue weighted by Gasteiger charge is -2.32. The van der Waals surface area contributed by atoms with Gasteiger partial charge in [0.2, 0.25) is 0 Å². The van der Waals surface area contributed by atoms with E-state index < -0.39 is 23.9 Å². The molecule has 28 heavy (non-hydrogen) atoms. The number of piperidine rings is 1. The third kappa shape index (κ3) is 5.24. The summed E-state index contributed by atoms with van der Waals surface area (Å²) in [4.78, 5) is 14.9. The minimum absolute atomic E-state index is 0.0219. The van der Waals surface area contributed by atoms with Crippen LogP contribution in [-0.2, 0) is 11.0 Å². The van der Waals surface area contributed by atoms with Gasteiger partial charge in [-0.2, -0.15) is 26.3 Å². The number of aliphatic carboxylic acids is 1. The molecule has 2 heterocycles. The first kappa shape index (κ1) is 21.7. The van der Waals surface area contributed by atoms with Crippen molar-refractivity contribution in [3.8, 4) is 0 Å². The molecule has 3 N–H and O–H groups in total. The van der Waals surface area contributed by atoms with Gasteiger partial charge in [-0.3, -0.25) is 4.98 Å². The van der Waals surface area contributed by atoms with E-state index in [2.05, 4.69) is 15.6 Å². The number of hydrogen-bond acceptors (Lipinski definition) is 4. The first-order valence-electron chi connectivity index (χ1n) is 8.22. The number of hydrogen-bond donors (Lipinski definition) is 1. The molecule has 0 aliphatic carbocycles. The van der Waals surface area contributed by atoms with E-state index in [-0.39, 0.29) is 5.52 Å². The number of quaternary nitrogens is 1. The Hall–Kier alpha value is -2.56. The van der Waals surface area contributed by atoms with E-state index in [4.69, 9.17) is 9.90 Å². The molecule has 0 amide bonds. The summed E-state index contributed by atoms with van der Waals surface area (Å²) in [7, 11) is 0. The van der Waals surface area contributed by atoms with Crippen LogP contribution in [0.25, 0.3) is 10.9 Å². The summed E-state index contributed by atoms with van der Waals surface area (Å²) in [6, 6.07) is 6.40. The second-order valence-corrected chi connectivity index (χ2v) is 6.27. The van der Waals surface area contributed by atoms with Crippen LogP contribution in [0.2, 0.25) is 0 Å². The molecule has 1 aromatic heterocycles. The van der Waals surface area contributed by atoms with Crippen LogP contribution in [0.3, 0.4) is 0 Å². The van der Waals surface area contributed by atoms with Gasteiger partial charge in [-0.05, 0) is 30.7 Å². The SMILES string of the molecule is O=C([O-])C(F)(F)F.[NH3+]C1CCCN(c2ccc(C(F)(F)F)c3ncccc23)C1. The van der Waals surface area contributed by atoms with Crippen molar-refractivity contribution >= 4 is 22.6 Å². The summed E-state index contributed by atoms with van der Waals surface area (Å²) in [5.41, 5.74) is 4.24. The zero-order valence-corrected chi connectivity index (χ0v) is 14.5. The minimum Gasteiger partial charge on any atom is -0.542 e. The predicted octanol–water partition coefficient (Wildman–Crippen LogP) is 1.76. The normalized spacial score (nSPS) is 17.8. The first-order valence-corrected chi connectivity index (χ1v) is 8.22. The zero-order chi connectivity index (χ0) is 21.1. The number of anilines is 1. The number of pyridine rings is 1. The summed E-state index contributed by atoms with van der Waals surface area (Å²) in [5.74, 6) is -3.01. The van der Waals surface area contributed by atoms with Gasteiger partial charge in [0.15, 0.2) is 0 Å². The third-order valence-electron chi connectivity index (χ3n) is 4.14. The number of benzene rings is 1. The molecule has 11 heteroatoms. The Morgan fingerprint density at radius 1 is 1.18 bits per heavy atom. The van der Waals surface area contributed by atoms with Crippen molar-refractivity contribution in [3.05, 3.63) is 36.0 Å². The molecule has 1 aromatic carbocycles. The van der Waals surface area contributed by atoms with Crippen LogP contribution in [0.15, 0.2) is 30.5 Å². The Labute approximate surface area is 155 Å². The van der Waals surface area contributed by atoms with Gasteiger partial charge in [0, 0.05) is 30.2 Å². The van der Waals surface area contributed by atoms with Gasteiger partial charge in [-0.1, -0.05) is 0 Å². The smallest absolute Gasteiger partial charge is 0.430 e. The Kier molecular flexibility index (Phi) is 6.37. The fourth-order valence-electron chi connectivity index (χ4n) is 2.95. The summed E-state index contributed by atoms with van der Waals surface area (Å²) in [6.45, 7) is 1.62. The van der Waals surface area contributed by atoms with Crippen LogP contribution in [0.4, 0.5) is 32.0 Å². The van der Waals surface area contributed by atoms with E-state index in [0.717, 1.165) is 37.7 Å². The molecule has 3 rings (SSSR count). The van der Waals surface area contributed by atoms with E-state index in [9.17, 15) is 26.3 Å². The maximum absolute atomic E-state index is 13.1. The summed E-state index contributed by atoms with van der Waals surface area (Å²) in [5, 5.41) is 9.34. The quantitative estimate of drug-likeness (QED) is 0.728. The number of carbonyl (C=O) groups excluding carboxylic acids is 1. The molecule has 1 aliphatic heterocycles. The lowest BCUT2D eigenvalue weighted by atomic mass is 10.0. The number of carboxylic acid groups (broad SMARTS) is 1. The van der Waals surface area contributed by atoms with Crippen molar-refractivity contribution in [1.29, 1.82) is 0 Å². The molecular weight excluding hydrogens is 392 g/mol. The summed E-state index contributed by atoms with van der Waals surface area (Å²) >= 11 is 0. The minimum atomic E-state index is -5.19. The monoisotopic (exact) mass is 409 g/mol. The topological polar surface area (TPSA) is 83.9 Å². The van der Waals surface area contributed by atoms with E-state index >= 15 is 0 Å². The highest BCUT2D eigenvalue weighted by atomic mass is 19.4. The molecule has 1 unspecified atom stereocenters. The van der Waals surface area contributed by atoms with Gasteiger partial charge in [-0.15, -0.1) is 0 Å². The van der Waals surface area contributed by atoms with Gasteiger partial charge in [0.1, 0.15) is 12.0 Å². The number of aromatic nitrogens is 1. The molecule has 0 saturated carbocycles. The van der Waals surface area contributed by atoms with Crippen molar-refractivity contribution < 1.29 is 42.0 Å². The Bertz CT molecular complexity index is 838. The highest BCUT2D eigenvalue weighted by molar-refractivity contribution is 5.94. The lowest BCUT2D eigenvalue weighted by molar-refractivity contribution is -0.419. The van der Waals surface area contributed by atoms with Crippen LogP contribution in [0.5, 0.6) is 0 Å². The van der Waals surface area contributed by atoms with Crippen LogP contribution in [-0.4, -0.2) is 36.3 Å². The summed E-state index contributed by atoms with van der Waals surface area (Å²) < 4.78 is 70.8. The Morgan fingerprint density at radius 3 is 2.36 bits per heavy atom. The van der Waals surface area contributed by atoms with E-state index in [1.807, 2.05) is 0 Å². The third-order valence-corrected chi connectivity index (χ3v) is 4.14. The summed E-state index contributed by atoms with van der Waals surface area (Å²) in [6.07, 6.45) is -6.10. The first-order chi connectivity index (χ1) is 12.9. The van der Waals surface area contributed by atoms with Crippen LogP contribution in [0.1, 0.15) is 18.4 Å². The molecule has 1 atom stereocenters. The molecular formula is C17H17F6N3O2. The van der Waals surface area contributed by atoms with Gasteiger partial charge < -0.3 is 20.5 Å². The number of carboxylic acids is 1. The predicted molar refractivity (Wildman–Crippen MR) is 85.9 cm³/mol. The van der Waals surface area contributed by atoms with Crippen molar-refractivity contribution in [2.24, 2.45) is 0 Å².